The zero-order valence-corrected chi connectivity index (χ0v) is 12.3. The Bertz CT molecular complexity index is 465. The Morgan fingerprint density at radius 3 is 2.22 bits per heavy atom. The van der Waals surface area contributed by atoms with E-state index in [1.54, 1.807) is 0 Å². The summed E-state index contributed by atoms with van der Waals surface area (Å²) >= 11 is 0. The number of hydrogen-bond acceptors (Lipinski definition) is 2. The van der Waals surface area contributed by atoms with Gasteiger partial charge in [-0.3, -0.25) is 4.79 Å². The van der Waals surface area contributed by atoms with E-state index in [9.17, 15) is 13.6 Å². The topological polar surface area (TPSA) is 26.3 Å². The Balaban J connectivity index is 3.20. The molecule has 5 heteroatoms. The minimum atomic E-state index is -2.26. The fourth-order valence-corrected chi connectivity index (χ4v) is 2.18. The summed E-state index contributed by atoms with van der Waals surface area (Å²) in [7, 11) is -2.26. The van der Waals surface area contributed by atoms with Gasteiger partial charge in [-0.15, -0.1) is 0 Å². The monoisotopic (exact) mass is 272 g/mol. The number of rotatable bonds is 3. The van der Waals surface area contributed by atoms with Crippen molar-refractivity contribution in [3.05, 3.63) is 29.3 Å². The van der Waals surface area contributed by atoms with Crippen LogP contribution >= 0.6 is 0 Å². The van der Waals surface area contributed by atoms with Gasteiger partial charge in [0, 0.05) is 6.07 Å². The highest BCUT2D eigenvalue weighted by molar-refractivity contribution is 6.74. The largest absolute Gasteiger partial charge is 0.541 e. The van der Waals surface area contributed by atoms with Gasteiger partial charge in [-0.05, 0) is 24.2 Å². The minimum Gasteiger partial charge on any atom is -0.541 e. The van der Waals surface area contributed by atoms with Crippen LogP contribution in [-0.2, 0) is 0 Å². The van der Waals surface area contributed by atoms with E-state index in [2.05, 4.69) is 0 Å². The Kier molecular flexibility index (Phi) is 3.95. The number of halogens is 2. The van der Waals surface area contributed by atoms with E-state index >= 15 is 0 Å². The Hall–Kier alpha value is -1.23. The number of carbonyl (C=O) groups is 1. The fourth-order valence-electron chi connectivity index (χ4n) is 1.17. The van der Waals surface area contributed by atoms with Crippen LogP contribution in [0, 0.1) is 11.6 Å². The van der Waals surface area contributed by atoms with Gasteiger partial charge in [0.25, 0.3) is 8.32 Å². The standard InChI is InChI=1S/C13H18F2O2Si/c1-13(2,3)18(4,5)17-11-7-10(14)6-9(8-16)12(11)15/h6-8H,1-5H3. The Morgan fingerprint density at radius 2 is 1.78 bits per heavy atom. The first-order chi connectivity index (χ1) is 8.08. The van der Waals surface area contributed by atoms with Gasteiger partial charge in [0.05, 0.1) is 5.56 Å². The molecule has 0 radical (unpaired) electrons. The summed E-state index contributed by atoms with van der Waals surface area (Å²) in [5.41, 5.74) is -0.316. The van der Waals surface area contributed by atoms with Crippen LogP contribution in [0.3, 0.4) is 0 Å². The molecule has 0 amide bonds. The first-order valence-corrected chi connectivity index (χ1v) is 8.62. The molecule has 0 aliphatic rings. The molecule has 1 rings (SSSR count). The molecule has 0 aliphatic carbocycles. The van der Waals surface area contributed by atoms with Crippen LogP contribution in [0.25, 0.3) is 0 Å². The van der Waals surface area contributed by atoms with Gasteiger partial charge in [-0.25, -0.2) is 8.78 Å². The zero-order valence-electron chi connectivity index (χ0n) is 11.3. The summed E-state index contributed by atoms with van der Waals surface area (Å²) in [6, 6.07) is 1.85. The molecule has 0 heterocycles. The molecular weight excluding hydrogens is 254 g/mol. The third-order valence-corrected chi connectivity index (χ3v) is 7.67. The van der Waals surface area contributed by atoms with Gasteiger partial charge in [0.15, 0.2) is 12.1 Å². The van der Waals surface area contributed by atoms with Crippen molar-refractivity contribution in [3.63, 3.8) is 0 Å². The smallest absolute Gasteiger partial charge is 0.250 e. The third kappa shape index (κ3) is 2.96. The normalized spacial score (nSPS) is 12.4. The van der Waals surface area contributed by atoms with Crippen molar-refractivity contribution in [2.75, 3.05) is 0 Å². The molecule has 100 valence electrons. The summed E-state index contributed by atoms with van der Waals surface area (Å²) in [4.78, 5) is 10.6. The van der Waals surface area contributed by atoms with Gasteiger partial charge in [-0.1, -0.05) is 20.8 Å². The second kappa shape index (κ2) is 4.80. The summed E-state index contributed by atoms with van der Waals surface area (Å²) in [5, 5.41) is -0.132. The first kappa shape index (κ1) is 14.8. The highest BCUT2D eigenvalue weighted by atomic mass is 28.4. The van der Waals surface area contributed by atoms with Crippen molar-refractivity contribution >= 4 is 14.6 Å². The summed E-state index contributed by atoms with van der Waals surface area (Å²) in [5.74, 6) is -1.65. The van der Waals surface area contributed by atoms with Gasteiger partial charge in [-0.2, -0.15) is 0 Å². The predicted octanol–water partition coefficient (Wildman–Crippen LogP) is 4.16. The van der Waals surface area contributed by atoms with E-state index in [4.69, 9.17) is 4.43 Å². The van der Waals surface area contributed by atoms with Crippen LogP contribution in [0.4, 0.5) is 8.78 Å². The van der Waals surface area contributed by atoms with Crippen LogP contribution < -0.4 is 4.43 Å². The Labute approximate surface area is 107 Å². The molecule has 0 unspecified atom stereocenters. The van der Waals surface area contributed by atoms with E-state index in [-0.39, 0.29) is 22.6 Å². The summed E-state index contributed by atoms with van der Waals surface area (Å²) in [6.45, 7) is 9.85. The highest BCUT2D eigenvalue weighted by Crippen LogP contribution is 2.38. The maximum Gasteiger partial charge on any atom is 0.250 e. The molecule has 0 atom stereocenters. The van der Waals surface area contributed by atoms with Gasteiger partial charge in [0.2, 0.25) is 0 Å². The molecule has 1 aromatic carbocycles. The molecule has 0 saturated heterocycles. The molecule has 0 bridgehead atoms. The lowest BCUT2D eigenvalue weighted by Gasteiger charge is -2.36. The third-order valence-electron chi connectivity index (χ3n) is 3.33. The van der Waals surface area contributed by atoms with Crippen molar-refractivity contribution < 1.29 is 18.0 Å². The minimum absolute atomic E-state index is 0.132. The van der Waals surface area contributed by atoms with Crippen LogP contribution in [0.15, 0.2) is 12.1 Å². The molecule has 1 aromatic rings. The molecule has 18 heavy (non-hydrogen) atoms. The second-order valence-electron chi connectivity index (χ2n) is 5.79. The van der Waals surface area contributed by atoms with Gasteiger partial charge < -0.3 is 4.43 Å². The van der Waals surface area contributed by atoms with Crippen LogP contribution in [-0.4, -0.2) is 14.6 Å². The van der Waals surface area contributed by atoms with Crippen LogP contribution in [0.1, 0.15) is 31.1 Å². The van der Waals surface area contributed by atoms with E-state index in [0.717, 1.165) is 12.1 Å². The van der Waals surface area contributed by atoms with E-state index in [1.165, 1.54) is 0 Å². The van der Waals surface area contributed by atoms with E-state index < -0.39 is 20.0 Å². The average molecular weight is 272 g/mol. The molecular formula is C13H18F2O2Si. The number of aldehydes is 1. The van der Waals surface area contributed by atoms with Crippen molar-refractivity contribution in [2.24, 2.45) is 0 Å². The highest BCUT2D eigenvalue weighted by Gasteiger charge is 2.39. The predicted molar refractivity (Wildman–Crippen MR) is 69.6 cm³/mol. The number of hydrogen-bond donors (Lipinski definition) is 0. The molecule has 0 spiro atoms. The quantitative estimate of drug-likeness (QED) is 0.610. The van der Waals surface area contributed by atoms with Crippen molar-refractivity contribution in [2.45, 2.75) is 38.9 Å². The summed E-state index contributed by atoms with van der Waals surface area (Å²) < 4.78 is 32.8. The first-order valence-electron chi connectivity index (χ1n) is 5.72. The zero-order chi connectivity index (χ0) is 14.1. The fraction of sp³-hybridized carbons (Fsp3) is 0.462. The molecule has 0 aromatic heterocycles. The Morgan fingerprint density at radius 1 is 1.22 bits per heavy atom. The molecule has 0 aliphatic heterocycles. The lowest BCUT2D eigenvalue weighted by atomic mass is 10.2. The van der Waals surface area contributed by atoms with E-state index in [1.807, 2.05) is 33.9 Å². The molecule has 0 fully saturated rings. The van der Waals surface area contributed by atoms with Crippen LogP contribution in [0.5, 0.6) is 5.75 Å². The number of benzene rings is 1. The van der Waals surface area contributed by atoms with Gasteiger partial charge >= 0.3 is 0 Å². The number of carbonyl (C=O) groups excluding carboxylic acids is 1. The molecule has 0 N–H and O–H groups in total. The lowest BCUT2D eigenvalue weighted by molar-refractivity contribution is 0.111. The average Bonchev–Trinajstić information content (AvgIpc) is 2.20. The SMILES string of the molecule is CC(C)(C)[Si](C)(C)Oc1cc(F)cc(C=O)c1F. The molecule has 0 saturated carbocycles. The summed E-state index contributed by atoms with van der Waals surface area (Å²) in [6.07, 6.45) is 0.289. The maximum atomic E-state index is 13.9. The maximum absolute atomic E-state index is 13.9. The van der Waals surface area contributed by atoms with Gasteiger partial charge in [0.1, 0.15) is 11.6 Å². The van der Waals surface area contributed by atoms with Crippen molar-refractivity contribution in [1.82, 2.24) is 0 Å². The van der Waals surface area contributed by atoms with Crippen molar-refractivity contribution in [3.8, 4) is 5.75 Å². The second-order valence-corrected chi connectivity index (χ2v) is 10.5. The molecule has 2 nitrogen and oxygen atoms in total. The van der Waals surface area contributed by atoms with E-state index in [0.29, 0.717) is 0 Å². The van der Waals surface area contributed by atoms with Crippen molar-refractivity contribution in [1.29, 1.82) is 0 Å². The lowest BCUT2D eigenvalue weighted by Crippen LogP contribution is -2.44. The van der Waals surface area contributed by atoms with Crippen LogP contribution in [0.2, 0.25) is 18.1 Å².